The molecule has 0 aromatic carbocycles. The number of carbonyl (C=O) groups is 1. The van der Waals surface area contributed by atoms with Crippen molar-refractivity contribution >= 4 is 5.91 Å². The summed E-state index contributed by atoms with van der Waals surface area (Å²) in [5.74, 6) is 0.0139. The molecule has 1 unspecified atom stereocenters. The molecule has 0 rings (SSSR count). The first-order chi connectivity index (χ1) is 7.20. The first-order valence-corrected chi connectivity index (χ1v) is 5.30. The van der Waals surface area contributed by atoms with E-state index in [0.717, 1.165) is 13.0 Å². The van der Waals surface area contributed by atoms with E-state index in [9.17, 15) is 4.79 Å². The molecule has 88 valence electrons. The molecule has 1 amide bonds. The summed E-state index contributed by atoms with van der Waals surface area (Å²) in [5, 5.41) is 5.89. The van der Waals surface area contributed by atoms with Crippen molar-refractivity contribution in [3.63, 3.8) is 0 Å². The van der Waals surface area contributed by atoms with Gasteiger partial charge in [-0.2, -0.15) is 0 Å². The number of nitrogens with one attached hydrogen (secondary N) is 2. The molecule has 0 heterocycles. The van der Waals surface area contributed by atoms with Gasteiger partial charge < -0.3 is 15.4 Å². The SMILES string of the molecule is C/C=C/CCNCC(=O)NC(C)COC. The topological polar surface area (TPSA) is 50.4 Å². The predicted molar refractivity (Wildman–Crippen MR) is 61.8 cm³/mol. The maximum atomic E-state index is 11.3. The van der Waals surface area contributed by atoms with Crippen LogP contribution in [0.2, 0.25) is 0 Å². The van der Waals surface area contributed by atoms with Crippen molar-refractivity contribution in [1.29, 1.82) is 0 Å². The molecule has 0 aromatic heterocycles. The van der Waals surface area contributed by atoms with Gasteiger partial charge in [0.2, 0.25) is 5.91 Å². The average Bonchev–Trinajstić information content (AvgIpc) is 2.17. The summed E-state index contributed by atoms with van der Waals surface area (Å²) < 4.78 is 4.92. The van der Waals surface area contributed by atoms with Crippen LogP contribution in [-0.2, 0) is 9.53 Å². The van der Waals surface area contributed by atoms with E-state index < -0.39 is 0 Å². The van der Waals surface area contributed by atoms with E-state index in [-0.39, 0.29) is 11.9 Å². The number of allylic oxidation sites excluding steroid dienone is 1. The molecule has 0 radical (unpaired) electrons. The number of hydrogen-bond donors (Lipinski definition) is 2. The van der Waals surface area contributed by atoms with Crippen molar-refractivity contribution in [2.24, 2.45) is 0 Å². The van der Waals surface area contributed by atoms with Crippen LogP contribution in [0.4, 0.5) is 0 Å². The van der Waals surface area contributed by atoms with Crippen molar-refractivity contribution in [2.75, 3.05) is 26.8 Å². The largest absolute Gasteiger partial charge is 0.383 e. The van der Waals surface area contributed by atoms with Crippen molar-refractivity contribution < 1.29 is 9.53 Å². The third-order valence-corrected chi connectivity index (χ3v) is 1.83. The van der Waals surface area contributed by atoms with Crippen LogP contribution in [-0.4, -0.2) is 38.8 Å². The Bertz CT molecular complexity index is 193. The van der Waals surface area contributed by atoms with Gasteiger partial charge in [0.25, 0.3) is 0 Å². The van der Waals surface area contributed by atoms with Gasteiger partial charge in [-0.05, 0) is 26.8 Å². The number of carbonyl (C=O) groups excluding carboxylic acids is 1. The molecule has 2 N–H and O–H groups in total. The Kier molecular flexibility index (Phi) is 9.11. The summed E-state index contributed by atoms with van der Waals surface area (Å²) in [7, 11) is 1.62. The maximum Gasteiger partial charge on any atom is 0.234 e. The fraction of sp³-hybridized carbons (Fsp3) is 0.727. The van der Waals surface area contributed by atoms with Crippen LogP contribution < -0.4 is 10.6 Å². The van der Waals surface area contributed by atoms with Gasteiger partial charge in [0, 0.05) is 13.2 Å². The standard InChI is InChI=1S/C11H22N2O2/c1-4-5-6-7-12-8-11(14)13-10(2)9-15-3/h4-5,10,12H,6-9H2,1-3H3,(H,13,14)/b5-4+. The minimum atomic E-state index is 0.0139. The van der Waals surface area contributed by atoms with Gasteiger partial charge in [0.1, 0.15) is 0 Å². The second-order valence-electron chi connectivity index (χ2n) is 3.46. The Balaban J connectivity index is 3.40. The Morgan fingerprint density at radius 2 is 2.27 bits per heavy atom. The van der Waals surface area contributed by atoms with Gasteiger partial charge in [-0.15, -0.1) is 0 Å². The van der Waals surface area contributed by atoms with E-state index in [1.807, 2.05) is 19.9 Å². The van der Waals surface area contributed by atoms with Crippen molar-refractivity contribution in [3.05, 3.63) is 12.2 Å². The Labute approximate surface area is 92.1 Å². The first-order valence-electron chi connectivity index (χ1n) is 5.30. The van der Waals surface area contributed by atoms with E-state index >= 15 is 0 Å². The molecule has 0 aliphatic heterocycles. The van der Waals surface area contributed by atoms with E-state index in [1.54, 1.807) is 7.11 Å². The molecule has 0 saturated heterocycles. The summed E-state index contributed by atoms with van der Waals surface area (Å²) in [6, 6.07) is 0.0693. The zero-order valence-corrected chi connectivity index (χ0v) is 9.88. The maximum absolute atomic E-state index is 11.3. The van der Waals surface area contributed by atoms with Crippen LogP contribution in [0.5, 0.6) is 0 Å². The summed E-state index contributed by atoms with van der Waals surface area (Å²) in [6.07, 6.45) is 5.03. The minimum absolute atomic E-state index is 0.0139. The molecule has 0 fully saturated rings. The van der Waals surface area contributed by atoms with Crippen LogP contribution in [0, 0.1) is 0 Å². The average molecular weight is 214 g/mol. The lowest BCUT2D eigenvalue weighted by Crippen LogP contribution is -2.41. The lowest BCUT2D eigenvalue weighted by molar-refractivity contribution is -0.121. The Morgan fingerprint density at radius 3 is 2.87 bits per heavy atom. The zero-order valence-electron chi connectivity index (χ0n) is 9.88. The second-order valence-corrected chi connectivity index (χ2v) is 3.46. The molecule has 0 aromatic rings. The molecule has 0 spiro atoms. The number of methoxy groups -OCH3 is 1. The molecule has 0 bridgehead atoms. The molecule has 4 nitrogen and oxygen atoms in total. The van der Waals surface area contributed by atoms with Gasteiger partial charge in [-0.3, -0.25) is 4.79 Å². The van der Waals surface area contributed by atoms with E-state index in [4.69, 9.17) is 4.74 Å². The van der Waals surface area contributed by atoms with Crippen LogP contribution in [0.25, 0.3) is 0 Å². The fourth-order valence-electron chi connectivity index (χ4n) is 1.17. The highest BCUT2D eigenvalue weighted by atomic mass is 16.5. The van der Waals surface area contributed by atoms with Crippen LogP contribution >= 0.6 is 0 Å². The minimum Gasteiger partial charge on any atom is -0.383 e. The fourth-order valence-corrected chi connectivity index (χ4v) is 1.17. The molecule has 1 atom stereocenters. The van der Waals surface area contributed by atoms with Gasteiger partial charge >= 0.3 is 0 Å². The van der Waals surface area contributed by atoms with E-state index in [1.165, 1.54) is 0 Å². The summed E-state index contributed by atoms with van der Waals surface area (Å²) >= 11 is 0. The second kappa shape index (κ2) is 9.68. The van der Waals surface area contributed by atoms with E-state index in [2.05, 4.69) is 16.7 Å². The molecule has 4 heteroatoms. The molecular formula is C11H22N2O2. The zero-order chi connectivity index (χ0) is 11.5. The number of ether oxygens (including phenoxy) is 1. The number of amides is 1. The van der Waals surface area contributed by atoms with Gasteiger partial charge in [-0.25, -0.2) is 0 Å². The first kappa shape index (κ1) is 14.1. The summed E-state index contributed by atoms with van der Waals surface area (Å²) in [5.41, 5.74) is 0. The molecule has 0 saturated carbocycles. The quantitative estimate of drug-likeness (QED) is 0.462. The Hall–Kier alpha value is -0.870. The van der Waals surface area contributed by atoms with Crippen LogP contribution in [0.3, 0.4) is 0 Å². The van der Waals surface area contributed by atoms with Crippen LogP contribution in [0.1, 0.15) is 20.3 Å². The molecule has 0 aliphatic carbocycles. The highest BCUT2D eigenvalue weighted by Crippen LogP contribution is 1.82. The lowest BCUT2D eigenvalue weighted by Gasteiger charge is -2.12. The summed E-state index contributed by atoms with van der Waals surface area (Å²) in [6.45, 7) is 5.65. The predicted octanol–water partition coefficient (Wildman–Crippen LogP) is 0.693. The van der Waals surface area contributed by atoms with Gasteiger partial charge in [0.05, 0.1) is 13.2 Å². The third-order valence-electron chi connectivity index (χ3n) is 1.83. The number of rotatable bonds is 8. The van der Waals surface area contributed by atoms with Crippen LogP contribution in [0.15, 0.2) is 12.2 Å². The third kappa shape index (κ3) is 9.43. The Morgan fingerprint density at radius 1 is 1.53 bits per heavy atom. The van der Waals surface area contributed by atoms with Gasteiger partial charge in [0.15, 0.2) is 0 Å². The highest BCUT2D eigenvalue weighted by Gasteiger charge is 2.05. The lowest BCUT2D eigenvalue weighted by atomic mass is 10.3. The molecule has 0 aliphatic rings. The van der Waals surface area contributed by atoms with E-state index in [0.29, 0.717) is 13.2 Å². The summed E-state index contributed by atoms with van der Waals surface area (Å²) in [4.78, 5) is 11.3. The monoisotopic (exact) mass is 214 g/mol. The van der Waals surface area contributed by atoms with Crippen molar-refractivity contribution in [3.8, 4) is 0 Å². The normalized spacial score (nSPS) is 13.0. The number of hydrogen-bond acceptors (Lipinski definition) is 3. The highest BCUT2D eigenvalue weighted by molar-refractivity contribution is 5.78. The van der Waals surface area contributed by atoms with Gasteiger partial charge in [-0.1, -0.05) is 12.2 Å². The smallest absolute Gasteiger partial charge is 0.234 e. The molecular weight excluding hydrogens is 192 g/mol. The molecule has 15 heavy (non-hydrogen) atoms. The van der Waals surface area contributed by atoms with Crippen molar-refractivity contribution in [1.82, 2.24) is 10.6 Å². The van der Waals surface area contributed by atoms with Crippen molar-refractivity contribution in [2.45, 2.75) is 26.3 Å².